The summed E-state index contributed by atoms with van der Waals surface area (Å²) in [5.41, 5.74) is -0.293. The third-order valence-electron chi connectivity index (χ3n) is 3.77. The van der Waals surface area contributed by atoms with Crippen molar-refractivity contribution >= 4 is 10.0 Å². The molecule has 1 aromatic heterocycles. The Morgan fingerprint density at radius 3 is 2.38 bits per heavy atom. The molecule has 1 N–H and O–H groups in total. The van der Waals surface area contributed by atoms with Gasteiger partial charge in [-0.2, -0.15) is 0 Å². The number of rotatable bonds is 6. The van der Waals surface area contributed by atoms with Crippen molar-refractivity contribution < 1.29 is 8.42 Å². The first kappa shape index (κ1) is 18.2. The number of nitrogens with zero attached hydrogens (tertiary/aromatic N) is 2. The molecule has 0 saturated heterocycles. The average Bonchev–Trinajstić information content (AvgIpc) is 2.54. The molecule has 1 heterocycles. The second-order valence-electron chi connectivity index (χ2n) is 5.80. The quantitative estimate of drug-likeness (QED) is 0.815. The van der Waals surface area contributed by atoms with Crippen LogP contribution in [0.2, 0.25) is 0 Å². The monoisotopic (exact) mass is 351 g/mol. The van der Waals surface area contributed by atoms with Gasteiger partial charge in [0, 0.05) is 26.3 Å². The number of sulfonamides is 1. The van der Waals surface area contributed by atoms with Gasteiger partial charge in [-0.25, -0.2) is 17.9 Å². The van der Waals surface area contributed by atoms with Gasteiger partial charge in [0.2, 0.25) is 10.0 Å². The molecule has 0 aliphatic rings. The summed E-state index contributed by atoms with van der Waals surface area (Å²) in [6, 6.07) is 9.38. The van der Waals surface area contributed by atoms with Crippen molar-refractivity contribution in [2.75, 3.05) is 0 Å². The fourth-order valence-corrected chi connectivity index (χ4v) is 3.81. The van der Waals surface area contributed by atoms with Gasteiger partial charge in [-0.1, -0.05) is 30.3 Å². The molecular weight excluding hydrogens is 330 g/mol. The molecule has 0 amide bonds. The van der Waals surface area contributed by atoms with Crippen LogP contribution in [0.1, 0.15) is 18.9 Å². The molecule has 0 radical (unpaired) electrons. The second-order valence-corrected chi connectivity index (χ2v) is 7.48. The summed E-state index contributed by atoms with van der Waals surface area (Å²) in [5, 5.41) is 0. The van der Waals surface area contributed by atoms with Crippen LogP contribution in [0.4, 0.5) is 0 Å². The van der Waals surface area contributed by atoms with Crippen LogP contribution in [0.3, 0.4) is 0 Å². The average molecular weight is 351 g/mol. The fraction of sp³-hybridized carbons (Fsp3) is 0.375. The van der Waals surface area contributed by atoms with Crippen LogP contribution in [0.25, 0.3) is 0 Å². The highest BCUT2D eigenvalue weighted by Gasteiger charge is 2.23. The molecule has 0 saturated carbocycles. The van der Waals surface area contributed by atoms with Gasteiger partial charge in [0.15, 0.2) is 4.90 Å². The zero-order chi connectivity index (χ0) is 17.9. The summed E-state index contributed by atoms with van der Waals surface area (Å²) in [4.78, 5) is 23.3. The highest BCUT2D eigenvalue weighted by atomic mass is 32.2. The topological polar surface area (TPSA) is 90.2 Å². The first-order valence-electron chi connectivity index (χ1n) is 7.55. The van der Waals surface area contributed by atoms with E-state index in [1.54, 1.807) is 6.92 Å². The van der Waals surface area contributed by atoms with E-state index in [1.165, 1.54) is 14.1 Å². The lowest BCUT2D eigenvalue weighted by molar-refractivity contribution is 0.540. The maximum atomic E-state index is 12.5. The summed E-state index contributed by atoms with van der Waals surface area (Å²) in [6.07, 6.45) is 2.36. The normalized spacial score (nSPS) is 13.0. The van der Waals surface area contributed by atoms with Crippen LogP contribution < -0.4 is 16.0 Å². The number of hydrogen-bond donors (Lipinski definition) is 1. The number of benzene rings is 1. The molecule has 1 aromatic carbocycles. The van der Waals surface area contributed by atoms with E-state index in [4.69, 9.17) is 0 Å². The van der Waals surface area contributed by atoms with Crippen LogP contribution in [-0.2, 0) is 30.5 Å². The van der Waals surface area contributed by atoms with Crippen LogP contribution in [0, 0.1) is 0 Å². The summed E-state index contributed by atoms with van der Waals surface area (Å²) in [5.74, 6) is 0. The molecule has 130 valence electrons. The van der Waals surface area contributed by atoms with E-state index in [0.29, 0.717) is 6.42 Å². The van der Waals surface area contributed by atoms with Crippen LogP contribution >= 0.6 is 0 Å². The Kier molecular flexibility index (Phi) is 5.40. The van der Waals surface area contributed by atoms with Crippen LogP contribution in [-0.4, -0.2) is 23.6 Å². The Labute approximate surface area is 140 Å². The number of nitrogens with one attached hydrogen (secondary N) is 1. The molecule has 2 aromatic rings. The smallest absolute Gasteiger partial charge is 0.302 e. The van der Waals surface area contributed by atoms with Gasteiger partial charge in [-0.05, 0) is 25.3 Å². The first-order valence-corrected chi connectivity index (χ1v) is 9.03. The first-order chi connectivity index (χ1) is 11.2. The van der Waals surface area contributed by atoms with Gasteiger partial charge in [-0.3, -0.25) is 9.36 Å². The molecule has 0 fully saturated rings. The largest absolute Gasteiger partial charge is 0.330 e. The Balaban J connectivity index is 2.17. The van der Waals surface area contributed by atoms with E-state index in [0.717, 1.165) is 27.3 Å². The Morgan fingerprint density at radius 2 is 1.75 bits per heavy atom. The summed E-state index contributed by atoms with van der Waals surface area (Å²) in [7, 11) is -1.34. The third kappa shape index (κ3) is 4.01. The molecule has 0 unspecified atom stereocenters. The Hall–Kier alpha value is -2.19. The van der Waals surface area contributed by atoms with E-state index in [9.17, 15) is 18.0 Å². The number of hydrogen-bond acceptors (Lipinski definition) is 4. The lowest BCUT2D eigenvalue weighted by Gasteiger charge is -2.15. The number of aromatic nitrogens is 2. The minimum Gasteiger partial charge on any atom is -0.302 e. The standard InChI is InChI=1S/C16H21N3O4S/c1-12(9-10-13-7-5-4-6-8-13)17-24(22,23)14-11-18(2)16(21)19(3)15(14)20/h4-8,11-12,17H,9-10H2,1-3H3/t12-/m0/s1. The van der Waals surface area contributed by atoms with Crippen LogP contribution in [0.15, 0.2) is 51.0 Å². The van der Waals surface area contributed by atoms with Gasteiger partial charge < -0.3 is 4.57 Å². The zero-order valence-electron chi connectivity index (χ0n) is 13.9. The fourth-order valence-electron chi connectivity index (χ4n) is 2.37. The zero-order valence-corrected chi connectivity index (χ0v) is 14.7. The van der Waals surface area contributed by atoms with E-state index >= 15 is 0 Å². The lowest BCUT2D eigenvalue weighted by Crippen LogP contribution is -2.43. The summed E-state index contributed by atoms with van der Waals surface area (Å²) in [6.45, 7) is 1.74. The SMILES string of the molecule is C[C@@H](CCc1ccccc1)NS(=O)(=O)c1cn(C)c(=O)n(C)c1=O. The molecule has 24 heavy (non-hydrogen) atoms. The Bertz CT molecular complexity index is 930. The molecule has 0 spiro atoms. The minimum absolute atomic E-state index is 0.350. The summed E-state index contributed by atoms with van der Waals surface area (Å²) < 4.78 is 29.3. The highest BCUT2D eigenvalue weighted by Crippen LogP contribution is 2.08. The van der Waals surface area contributed by atoms with Crippen molar-refractivity contribution in [3.8, 4) is 0 Å². The van der Waals surface area contributed by atoms with Crippen LogP contribution in [0.5, 0.6) is 0 Å². The van der Waals surface area contributed by atoms with Crippen molar-refractivity contribution in [2.24, 2.45) is 14.1 Å². The molecule has 0 aliphatic heterocycles. The molecule has 8 heteroatoms. The molecule has 0 aliphatic carbocycles. The van der Waals surface area contributed by atoms with E-state index in [1.807, 2.05) is 30.3 Å². The Morgan fingerprint density at radius 1 is 1.12 bits per heavy atom. The van der Waals surface area contributed by atoms with E-state index < -0.39 is 26.2 Å². The predicted octanol–water partition coefficient (Wildman–Crippen LogP) is 0.384. The van der Waals surface area contributed by atoms with Crippen molar-refractivity contribution in [1.29, 1.82) is 0 Å². The van der Waals surface area contributed by atoms with Gasteiger partial charge in [0.1, 0.15) is 0 Å². The predicted molar refractivity (Wildman–Crippen MR) is 91.5 cm³/mol. The van der Waals surface area contributed by atoms with Crippen molar-refractivity contribution in [1.82, 2.24) is 13.9 Å². The molecular formula is C16H21N3O4S. The summed E-state index contributed by atoms with van der Waals surface area (Å²) >= 11 is 0. The van der Waals surface area contributed by atoms with Gasteiger partial charge in [0.25, 0.3) is 5.56 Å². The molecule has 7 nitrogen and oxygen atoms in total. The van der Waals surface area contributed by atoms with Gasteiger partial charge >= 0.3 is 5.69 Å². The van der Waals surface area contributed by atoms with E-state index in [-0.39, 0.29) is 6.04 Å². The maximum Gasteiger partial charge on any atom is 0.330 e. The van der Waals surface area contributed by atoms with Gasteiger partial charge in [-0.15, -0.1) is 0 Å². The van der Waals surface area contributed by atoms with Crippen molar-refractivity contribution in [3.05, 3.63) is 62.9 Å². The van der Waals surface area contributed by atoms with E-state index in [2.05, 4.69) is 4.72 Å². The molecule has 1 atom stereocenters. The second kappa shape index (κ2) is 7.14. The maximum absolute atomic E-state index is 12.5. The van der Waals surface area contributed by atoms with Crippen molar-refractivity contribution in [2.45, 2.75) is 30.7 Å². The third-order valence-corrected chi connectivity index (χ3v) is 5.34. The minimum atomic E-state index is -4.00. The van der Waals surface area contributed by atoms with Crippen molar-refractivity contribution in [3.63, 3.8) is 0 Å². The number of aryl methyl sites for hydroxylation is 2. The molecule has 2 rings (SSSR count). The lowest BCUT2D eigenvalue weighted by atomic mass is 10.1. The highest BCUT2D eigenvalue weighted by molar-refractivity contribution is 7.89. The molecule has 0 bridgehead atoms. The van der Waals surface area contributed by atoms with Gasteiger partial charge in [0.05, 0.1) is 0 Å².